The fraction of sp³-hybridized carbons (Fsp3) is 0.227. The van der Waals surface area contributed by atoms with Crippen molar-refractivity contribution in [1.29, 1.82) is 0 Å². The number of rotatable bonds is 8. The van der Waals surface area contributed by atoms with Gasteiger partial charge in [0, 0.05) is 11.4 Å². The van der Waals surface area contributed by atoms with Crippen LogP contribution in [0.15, 0.2) is 63.0 Å². The number of aromatic amines is 1. The largest absolute Gasteiger partial charge is 0.383 e. The molecule has 0 aliphatic rings. The number of H-pyrrole nitrogens is 1. The number of thioether (sulfide) groups is 1. The van der Waals surface area contributed by atoms with Gasteiger partial charge in [0.05, 0.1) is 12.3 Å². The maximum Gasteiger partial charge on any atom is 0.330 e. The predicted molar refractivity (Wildman–Crippen MR) is 121 cm³/mol. The molecule has 0 fully saturated rings. The summed E-state index contributed by atoms with van der Waals surface area (Å²) in [7, 11) is 0. The molecule has 3 rings (SSSR count). The highest BCUT2D eigenvalue weighted by molar-refractivity contribution is 8.00. The smallest absolute Gasteiger partial charge is 0.330 e. The molecule has 1 amide bonds. The fourth-order valence-corrected chi connectivity index (χ4v) is 3.93. The molecule has 168 valence electrons. The van der Waals surface area contributed by atoms with E-state index in [0.717, 1.165) is 29.5 Å². The number of benzene rings is 2. The zero-order chi connectivity index (χ0) is 23.3. The first kappa shape index (κ1) is 23.3. The Balaban J connectivity index is 1.91. The Bertz CT molecular complexity index is 1230. The third-order valence-electron chi connectivity index (χ3n) is 4.67. The van der Waals surface area contributed by atoms with Crippen LogP contribution in [0.5, 0.6) is 0 Å². The zero-order valence-corrected chi connectivity index (χ0v) is 18.1. The molecule has 3 aromatic rings. The highest BCUT2D eigenvalue weighted by Gasteiger charge is 2.24. The lowest BCUT2D eigenvalue weighted by atomic mass is 10.2. The molecule has 0 unspecified atom stereocenters. The van der Waals surface area contributed by atoms with E-state index in [1.165, 1.54) is 15.5 Å². The second-order valence-corrected chi connectivity index (χ2v) is 8.02. The van der Waals surface area contributed by atoms with Crippen LogP contribution in [0.25, 0.3) is 0 Å². The van der Waals surface area contributed by atoms with E-state index >= 15 is 0 Å². The highest BCUT2D eigenvalue weighted by atomic mass is 32.2. The van der Waals surface area contributed by atoms with Crippen LogP contribution < -0.4 is 21.9 Å². The lowest BCUT2D eigenvalue weighted by Crippen LogP contribution is -2.42. The number of nitrogens with two attached hydrogens (primary N) is 1. The molecule has 0 atom stereocenters. The number of hydrogen-bond acceptors (Lipinski definition) is 5. The maximum absolute atomic E-state index is 13.4. The molecule has 1 heterocycles. The minimum absolute atomic E-state index is 0.113. The lowest BCUT2D eigenvalue weighted by Gasteiger charge is -2.24. The molecule has 0 saturated heterocycles. The maximum atomic E-state index is 13.4. The molecule has 1 aromatic heterocycles. The van der Waals surface area contributed by atoms with Crippen LogP contribution in [0.1, 0.15) is 18.9 Å². The third-order valence-corrected chi connectivity index (χ3v) is 5.65. The summed E-state index contributed by atoms with van der Waals surface area (Å²) in [5.74, 6) is -2.71. The normalized spacial score (nSPS) is 10.8. The minimum atomic E-state index is -1.01. The summed E-state index contributed by atoms with van der Waals surface area (Å²) in [4.78, 5) is 41.8. The Morgan fingerprint density at radius 1 is 1.12 bits per heavy atom. The first-order valence-corrected chi connectivity index (χ1v) is 10.8. The van der Waals surface area contributed by atoms with Gasteiger partial charge in [-0.3, -0.25) is 19.1 Å². The fourth-order valence-electron chi connectivity index (χ4n) is 3.14. The van der Waals surface area contributed by atoms with Crippen molar-refractivity contribution in [1.82, 2.24) is 9.55 Å². The number of nitrogens with one attached hydrogen (secondary N) is 1. The molecule has 0 radical (unpaired) electrons. The van der Waals surface area contributed by atoms with E-state index in [1.54, 1.807) is 0 Å². The van der Waals surface area contributed by atoms with E-state index in [9.17, 15) is 23.2 Å². The number of hydrogen-bond donors (Lipinski definition) is 2. The predicted octanol–water partition coefficient (Wildman–Crippen LogP) is 2.98. The molecule has 0 bridgehead atoms. The SMILES string of the molecule is CCCN(C(=O)CSc1ccc(F)c(F)c1)c1c(N)n(Cc2ccccc2)c(=O)[nH]c1=O. The van der Waals surface area contributed by atoms with Crippen molar-refractivity contribution in [2.45, 2.75) is 24.8 Å². The van der Waals surface area contributed by atoms with Crippen molar-refractivity contribution in [3.05, 3.63) is 86.6 Å². The van der Waals surface area contributed by atoms with Gasteiger partial charge < -0.3 is 10.6 Å². The van der Waals surface area contributed by atoms with Crippen molar-refractivity contribution in [2.24, 2.45) is 0 Å². The van der Waals surface area contributed by atoms with E-state index in [0.29, 0.717) is 11.3 Å². The standard InChI is InChI=1S/C22H22F2N4O3S/c1-2-10-27(18(29)13-32-15-8-9-16(23)17(24)11-15)19-20(25)28(22(31)26-21(19)30)12-14-6-4-3-5-7-14/h3-9,11H,2,10,12-13,25H2,1H3,(H,26,30,31). The Morgan fingerprint density at radius 2 is 1.84 bits per heavy atom. The van der Waals surface area contributed by atoms with Crippen LogP contribution in [-0.2, 0) is 11.3 Å². The second kappa shape index (κ2) is 10.3. The molecular formula is C22H22F2N4O3S. The molecular weight excluding hydrogens is 438 g/mol. The van der Waals surface area contributed by atoms with Gasteiger partial charge in [0.1, 0.15) is 5.82 Å². The first-order valence-electron chi connectivity index (χ1n) is 9.86. The Morgan fingerprint density at radius 3 is 2.50 bits per heavy atom. The molecule has 0 spiro atoms. The van der Waals surface area contributed by atoms with Crippen molar-refractivity contribution in [2.75, 3.05) is 22.9 Å². The average molecular weight is 461 g/mol. The van der Waals surface area contributed by atoms with Gasteiger partial charge in [0.2, 0.25) is 5.91 Å². The summed E-state index contributed by atoms with van der Waals surface area (Å²) in [6.07, 6.45) is 0.526. The quantitative estimate of drug-likeness (QED) is 0.504. The molecule has 0 aliphatic heterocycles. The van der Waals surface area contributed by atoms with Crippen LogP contribution in [0.3, 0.4) is 0 Å². The van der Waals surface area contributed by atoms with Crippen LogP contribution in [0.2, 0.25) is 0 Å². The number of nitrogens with zero attached hydrogens (tertiary/aromatic N) is 2. The van der Waals surface area contributed by atoms with E-state index in [2.05, 4.69) is 4.98 Å². The lowest BCUT2D eigenvalue weighted by molar-refractivity contribution is -0.116. The van der Waals surface area contributed by atoms with Gasteiger partial charge in [-0.2, -0.15) is 0 Å². The van der Waals surface area contributed by atoms with Crippen LogP contribution in [0.4, 0.5) is 20.3 Å². The number of aromatic nitrogens is 2. The molecule has 2 aromatic carbocycles. The molecule has 7 nitrogen and oxygen atoms in total. The number of nitrogen functional groups attached to an aromatic ring is 1. The van der Waals surface area contributed by atoms with Gasteiger partial charge in [-0.15, -0.1) is 11.8 Å². The summed E-state index contributed by atoms with van der Waals surface area (Å²) in [6.45, 7) is 2.13. The molecule has 0 aliphatic carbocycles. The summed E-state index contributed by atoms with van der Waals surface area (Å²) < 4.78 is 27.8. The van der Waals surface area contributed by atoms with Gasteiger partial charge in [0.25, 0.3) is 5.56 Å². The molecule has 3 N–H and O–H groups in total. The zero-order valence-electron chi connectivity index (χ0n) is 17.3. The molecule has 32 heavy (non-hydrogen) atoms. The summed E-state index contributed by atoms with van der Waals surface area (Å²) >= 11 is 1.00. The Hall–Kier alpha value is -3.40. The number of anilines is 2. The second-order valence-electron chi connectivity index (χ2n) is 6.97. The molecule has 10 heteroatoms. The van der Waals surface area contributed by atoms with E-state index in [-0.39, 0.29) is 30.3 Å². The van der Waals surface area contributed by atoms with Gasteiger partial charge >= 0.3 is 5.69 Å². The first-order chi connectivity index (χ1) is 15.3. The Labute approximate surface area is 186 Å². The van der Waals surface area contributed by atoms with Crippen LogP contribution in [0, 0.1) is 11.6 Å². The summed E-state index contributed by atoms with van der Waals surface area (Å²) in [5.41, 5.74) is 5.43. The Kier molecular flexibility index (Phi) is 7.47. The minimum Gasteiger partial charge on any atom is -0.383 e. The van der Waals surface area contributed by atoms with Crippen molar-refractivity contribution in [3.63, 3.8) is 0 Å². The van der Waals surface area contributed by atoms with Crippen molar-refractivity contribution < 1.29 is 13.6 Å². The summed E-state index contributed by atoms with van der Waals surface area (Å²) in [6, 6.07) is 12.4. The van der Waals surface area contributed by atoms with Crippen LogP contribution in [-0.4, -0.2) is 27.8 Å². The van der Waals surface area contributed by atoms with Crippen LogP contribution >= 0.6 is 11.8 Å². The monoisotopic (exact) mass is 460 g/mol. The van der Waals surface area contributed by atoms with Crippen molar-refractivity contribution >= 4 is 29.2 Å². The van der Waals surface area contributed by atoms with E-state index < -0.39 is 28.8 Å². The van der Waals surface area contributed by atoms with E-state index in [1.807, 2.05) is 37.3 Å². The number of carbonyl (C=O) groups is 1. The highest BCUT2D eigenvalue weighted by Crippen LogP contribution is 2.23. The number of halogens is 2. The van der Waals surface area contributed by atoms with Gasteiger partial charge in [-0.1, -0.05) is 37.3 Å². The van der Waals surface area contributed by atoms with Gasteiger partial charge in [-0.25, -0.2) is 13.6 Å². The topological polar surface area (TPSA) is 101 Å². The van der Waals surface area contributed by atoms with E-state index in [4.69, 9.17) is 5.73 Å². The van der Waals surface area contributed by atoms with Gasteiger partial charge in [-0.05, 0) is 30.2 Å². The van der Waals surface area contributed by atoms with Gasteiger partial charge in [0.15, 0.2) is 17.3 Å². The average Bonchev–Trinajstić information content (AvgIpc) is 2.77. The number of carbonyl (C=O) groups excluding carboxylic acids is 1. The molecule has 0 saturated carbocycles. The number of amides is 1. The third kappa shape index (κ3) is 5.25. The summed E-state index contributed by atoms with van der Waals surface area (Å²) in [5, 5.41) is 0. The van der Waals surface area contributed by atoms with Crippen molar-refractivity contribution in [3.8, 4) is 0 Å².